The van der Waals surface area contributed by atoms with E-state index in [1.807, 2.05) is 0 Å². The zero-order valence-electron chi connectivity index (χ0n) is 22.6. The average molecular weight is 280 g/mol. The van der Waals surface area contributed by atoms with Crippen molar-refractivity contribution in [2.75, 3.05) is 20.6 Å². The van der Waals surface area contributed by atoms with E-state index in [4.69, 9.17) is 15.1 Å². The summed E-state index contributed by atoms with van der Waals surface area (Å²) in [5.74, 6) is -4.67. The Hall–Kier alpha value is -0.120. The van der Waals surface area contributed by atoms with Crippen LogP contribution in [0.1, 0.15) is 71.3 Å². The van der Waals surface area contributed by atoms with Crippen LogP contribution in [0.2, 0.25) is 0 Å². The average Bonchev–Trinajstić information content (AvgIpc) is 2.63. The first-order valence-corrected chi connectivity index (χ1v) is 6.83. The molecule has 2 N–H and O–H groups in total. The maximum absolute atomic E-state index is 11.4. The van der Waals surface area contributed by atoms with Crippen LogP contribution in [-0.2, 0) is 0 Å². The lowest BCUT2D eigenvalue weighted by molar-refractivity contribution is -0.0871. The molecule has 2 aliphatic rings. The largest absolute Gasteiger partial charge is 0.393 e. The lowest BCUT2D eigenvalue weighted by atomic mass is 9.66. The fourth-order valence-corrected chi connectivity index (χ4v) is 2.89. The molecule has 0 spiro atoms. The number of hydrogen-bond donors (Lipinski definition) is 2. The quantitative estimate of drug-likeness (QED) is 0.813. The van der Waals surface area contributed by atoms with E-state index in [1.54, 1.807) is 14.1 Å². The maximum Gasteiger partial charge on any atom is 0.210 e. The molecule has 2 rings (SSSR count). The molecule has 0 aromatic carbocycles. The summed E-state index contributed by atoms with van der Waals surface area (Å²) in [6.07, 6.45) is -15.6. The van der Waals surface area contributed by atoms with Crippen LogP contribution in [0.3, 0.4) is 0 Å². The van der Waals surface area contributed by atoms with Crippen LogP contribution in [-0.4, -0.2) is 48.9 Å². The minimum Gasteiger partial charge on any atom is -0.393 e. The van der Waals surface area contributed by atoms with Crippen molar-refractivity contribution in [3.05, 3.63) is 0 Å². The third-order valence-electron chi connectivity index (χ3n) is 3.89. The smallest absolute Gasteiger partial charge is 0.210 e. The first-order chi connectivity index (χ1) is 13.3. The third-order valence-corrected chi connectivity index (χ3v) is 3.89. The maximum atomic E-state index is 11.4. The van der Waals surface area contributed by atoms with Crippen molar-refractivity contribution in [1.29, 1.82) is 1.43 Å². The second-order valence-corrected chi connectivity index (χ2v) is 5.72. The Labute approximate surface area is 133 Å². The van der Waals surface area contributed by atoms with Crippen molar-refractivity contribution in [2.45, 2.75) is 69.3 Å². The second-order valence-electron chi connectivity index (χ2n) is 5.72. The molecule has 0 amide bonds. The lowest BCUT2D eigenvalue weighted by Gasteiger charge is -2.45. The highest BCUT2D eigenvalue weighted by Gasteiger charge is 2.42. The molecule has 0 radical (unpaired) electrons. The zero-order valence-corrected chi connectivity index (χ0v) is 11.6. The molecular formula is C16H31NO2. The van der Waals surface area contributed by atoms with E-state index in [9.17, 15) is 5.11 Å². The van der Waals surface area contributed by atoms with Gasteiger partial charge in [-0.15, -0.1) is 0 Å². The number of aliphatic hydroxyl groups is 2. The van der Waals surface area contributed by atoms with Crippen molar-refractivity contribution < 1.29 is 23.9 Å². The molecule has 3 heteroatoms. The van der Waals surface area contributed by atoms with Crippen molar-refractivity contribution >= 4 is 0 Å². The van der Waals surface area contributed by atoms with Gasteiger partial charge in [-0.25, -0.2) is 0 Å². The Kier molecular flexibility index (Phi) is 2.18. The highest BCUT2D eigenvalue weighted by Crippen LogP contribution is 2.42. The van der Waals surface area contributed by atoms with Gasteiger partial charge in [0.05, 0.1) is 13.1 Å². The topological polar surface area (TPSA) is 43.7 Å². The molecule has 19 heavy (non-hydrogen) atoms. The Morgan fingerprint density at radius 1 is 1.26 bits per heavy atom. The Morgan fingerprint density at radius 3 is 2.42 bits per heavy atom. The minimum absolute atomic E-state index is 0.144. The zero-order chi connectivity index (χ0) is 23.6. The monoisotopic (exact) mass is 280 g/mol. The molecule has 0 bridgehead atoms. The van der Waals surface area contributed by atoms with Gasteiger partial charge in [0.25, 0.3) is 0 Å². The van der Waals surface area contributed by atoms with Crippen LogP contribution in [0.4, 0.5) is 0 Å². The molecule has 0 aliphatic heterocycles. The van der Waals surface area contributed by atoms with Crippen LogP contribution in [0.15, 0.2) is 0 Å². The van der Waals surface area contributed by atoms with Gasteiger partial charge in [-0.05, 0) is 58.3 Å². The minimum atomic E-state index is -3.59. The molecule has 1 unspecified atom stereocenters. The van der Waals surface area contributed by atoms with E-state index < -0.39 is 49.0 Å². The Morgan fingerprint density at radius 2 is 1.89 bits per heavy atom. The molecule has 0 aromatic rings. The fourth-order valence-electron chi connectivity index (χ4n) is 2.89. The number of hydrogen-bond acceptors (Lipinski definition) is 3. The summed E-state index contributed by atoms with van der Waals surface area (Å²) in [7, 11) is 3.17. The molecule has 0 heterocycles. The van der Waals surface area contributed by atoms with Gasteiger partial charge in [0.1, 0.15) is 0 Å². The third kappa shape index (κ3) is 3.93. The van der Waals surface area contributed by atoms with E-state index in [0.717, 1.165) is 6.42 Å². The molecule has 2 fully saturated rings. The molecule has 112 valence electrons. The second kappa shape index (κ2) is 6.55. The van der Waals surface area contributed by atoms with E-state index in [0.29, 0.717) is 12.8 Å². The molecule has 2 saturated carbocycles. The fraction of sp³-hybridized carbons (Fsp3) is 1.00. The summed E-state index contributed by atoms with van der Waals surface area (Å²) in [6, 6.07) is 0. The molecule has 0 aromatic heterocycles. The predicted octanol–water partition coefficient (Wildman–Crippen LogP) is 2.41. The van der Waals surface area contributed by atoms with Crippen LogP contribution in [0.25, 0.3) is 0 Å². The summed E-state index contributed by atoms with van der Waals surface area (Å²) in [5, 5.41) is 15.5. The van der Waals surface area contributed by atoms with Crippen LogP contribution < -0.4 is 0 Å². The molecule has 2 aliphatic carbocycles. The van der Waals surface area contributed by atoms with E-state index in [-0.39, 0.29) is 19.4 Å². The van der Waals surface area contributed by atoms with E-state index in [1.165, 1.54) is 4.90 Å². The normalized spacial score (nSPS) is 60.1. The van der Waals surface area contributed by atoms with Gasteiger partial charge in [-0.1, -0.05) is 19.3 Å². The van der Waals surface area contributed by atoms with Crippen LogP contribution in [0, 0.1) is 11.8 Å². The van der Waals surface area contributed by atoms with Gasteiger partial charge in [0, 0.05) is 24.8 Å². The highest BCUT2D eigenvalue weighted by molar-refractivity contribution is 4.94. The standard InChI is InChI=1S/C16H31NO2/c1-17(2)12-15(13-6-8-14(18)9-7-13)16(19)10-4-3-5-11-16/h13-15,18-19H,3-12H2,1-2H3/i6D2,7D2,8D2,9D2,13D,14D,18D. The van der Waals surface area contributed by atoms with Crippen molar-refractivity contribution in [3.8, 4) is 0 Å². The molecule has 3 nitrogen and oxygen atoms in total. The summed E-state index contributed by atoms with van der Waals surface area (Å²) >= 11 is 0. The van der Waals surface area contributed by atoms with Gasteiger partial charge in [-0.2, -0.15) is 0 Å². The summed E-state index contributed by atoms with van der Waals surface area (Å²) in [4.78, 5) is 1.52. The van der Waals surface area contributed by atoms with Crippen molar-refractivity contribution in [2.24, 2.45) is 11.8 Å². The van der Waals surface area contributed by atoms with Crippen molar-refractivity contribution in [1.82, 2.24) is 4.90 Å². The number of nitrogens with zero attached hydrogens (tertiary/aromatic N) is 1. The molecular weight excluding hydrogens is 238 g/mol. The van der Waals surface area contributed by atoms with Gasteiger partial charge in [0.2, 0.25) is 1.43 Å². The molecule has 0 saturated heterocycles. The Balaban J connectivity index is 2.87. The van der Waals surface area contributed by atoms with E-state index in [2.05, 4.69) is 5.11 Å². The lowest BCUT2D eigenvalue weighted by Crippen LogP contribution is -2.49. The van der Waals surface area contributed by atoms with Gasteiger partial charge < -0.3 is 15.1 Å². The van der Waals surface area contributed by atoms with E-state index >= 15 is 0 Å². The van der Waals surface area contributed by atoms with Crippen LogP contribution in [0.5, 0.6) is 0 Å². The summed E-state index contributed by atoms with van der Waals surface area (Å²) < 4.78 is 91.5. The Bertz CT molecular complexity index is 621. The number of rotatable bonds is 5. The van der Waals surface area contributed by atoms with Gasteiger partial charge in [0.15, 0.2) is 0 Å². The van der Waals surface area contributed by atoms with Crippen LogP contribution >= 0.6 is 0 Å². The SMILES string of the molecule is [2H]OC1([2H])C([2H])([2H])C([2H])([2H])C([2H])(C(CN(C)C)C2(O)CCCCC2)C([2H])([2H])C1([2H])[2H]. The molecule has 1 atom stereocenters. The summed E-state index contributed by atoms with van der Waals surface area (Å²) in [5.41, 5.74) is -1.72. The predicted molar refractivity (Wildman–Crippen MR) is 78.0 cm³/mol. The summed E-state index contributed by atoms with van der Waals surface area (Å²) in [6.45, 7) is -0.197. The highest BCUT2D eigenvalue weighted by atomic mass is 16.3. The van der Waals surface area contributed by atoms with Gasteiger partial charge in [-0.3, -0.25) is 0 Å². The first kappa shape index (κ1) is 6.33. The van der Waals surface area contributed by atoms with Gasteiger partial charge >= 0.3 is 0 Å². The van der Waals surface area contributed by atoms with Crippen molar-refractivity contribution in [3.63, 3.8) is 0 Å². The first-order valence-electron chi connectivity index (χ1n) is 12.2.